The molecule has 1 saturated heterocycles. The molecule has 1 aliphatic carbocycles. The number of piperazine rings is 1. The fraction of sp³-hybridized carbons (Fsp3) is 0.889. The molecule has 2 fully saturated rings. The van der Waals surface area contributed by atoms with E-state index < -0.39 is 0 Å². The van der Waals surface area contributed by atoms with E-state index in [-0.39, 0.29) is 35.8 Å². The summed E-state index contributed by atoms with van der Waals surface area (Å²) in [6.45, 7) is 13.6. The average Bonchev–Trinajstić information content (AvgIpc) is 2.98. The summed E-state index contributed by atoms with van der Waals surface area (Å²) in [6, 6.07) is 0. The summed E-state index contributed by atoms with van der Waals surface area (Å²) in [5, 5.41) is 3.43. The largest absolute Gasteiger partial charge is 0.357 e. The molecule has 1 N–H and O–H groups in total. The fourth-order valence-electron chi connectivity index (χ4n) is 3.58. The smallest absolute Gasteiger partial charge is 0.225 e. The van der Waals surface area contributed by atoms with Gasteiger partial charge in [-0.1, -0.05) is 33.6 Å². The molecule has 5 nitrogen and oxygen atoms in total. The molecule has 0 atom stereocenters. The Morgan fingerprint density at radius 1 is 1.12 bits per heavy atom. The Bertz CT molecular complexity index is 425. The van der Waals surface area contributed by atoms with Gasteiger partial charge in [-0.05, 0) is 25.2 Å². The van der Waals surface area contributed by atoms with E-state index in [0.29, 0.717) is 5.41 Å². The van der Waals surface area contributed by atoms with Crippen LogP contribution in [0.25, 0.3) is 0 Å². The first kappa shape index (κ1) is 21.5. The number of aliphatic imine (C=N–C) groups is 1. The van der Waals surface area contributed by atoms with Gasteiger partial charge in [0.2, 0.25) is 5.91 Å². The Labute approximate surface area is 164 Å². The number of guanidine groups is 1. The topological polar surface area (TPSA) is 47.9 Å². The molecular formula is C18H35IN4O. The van der Waals surface area contributed by atoms with Crippen LogP contribution in [0.4, 0.5) is 0 Å². The first-order valence-corrected chi connectivity index (χ1v) is 9.27. The lowest BCUT2D eigenvalue weighted by Gasteiger charge is -2.37. The number of carbonyl (C=O) groups is 1. The second-order valence-corrected chi connectivity index (χ2v) is 7.65. The lowest BCUT2D eigenvalue weighted by atomic mass is 9.89. The Morgan fingerprint density at radius 2 is 1.67 bits per heavy atom. The Kier molecular flexibility index (Phi) is 8.81. The van der Waals surface area contributed by atoms with Crippen molar-refractivity contribution in [3.8, 4) is 0 Å². The molecular weight excluding hydrogens is 415 g/mol. The predicted molar refractivity (Wildman–Crippen MR) is 111 cm³/mol. The van der Waals surface area contributed by atoms with Crippen LogP contribution in [-0.4, -0.2) is 60.9 Å². The summed E-state index contributed by atoms with van der Waals surface area (Å²) in [5.74, 6) is 1.38. The Balaban J connectivity index is 0.00000288. The molecule has 1 heterocycles. The first-order valence-electron chi connectivity index (χ1n) is 9.27. The van der Waals surface area contributed by atoms with Gasteiger partial charge in [-0.2, -0.15) is 0 Å². The highest BCUT2D eigenvalue weighted by Crippen LogP contribution is 2.37. The molecule has 0 aromatic carbocycles. The summed E-state index contributed by atoms with van der Waals surface area (Å²) >= 11 is 0. The molecule has 140 valence electrons. The van der Waals surface area contributed by atoms with Crippen molar-refractivity contribution in [2.45, 2.75) is 53.4 Å². The summed E-state index contributed by atoms with van der Waals surface area (Å²) in [7, 11) is 0. The molecule has 0 bridgehead atoms. The number of nitrogens with one attached hydrogen (secondary N) is 1. The summed E-state index contributed by atoms with van der Waals surface area (Å²) in [5.41, 5.74) is 0.385. The van der Waals surface area contributed by atoms with E-state index in [1.807, 2.05) is 18.7 Å². The maximum Gasteiger partial charge on any atom is 0.225 e. The molecule has 0 spiro atoms. The van der Waals surface area contributed by atoms with Crippen molar-refractivity contribution in [2.24, 2.45) is 16.3 Å². The van der Waals surface area contributed by atoms with E-state index in [0.717, 1.165) is 45.2 Å². The minimum absolute atomic E-state index is 0. The summed E-state index contributed by atoms with van der Waals surface area (Å²) in [6.07, 6.45) is 5.29. The van der Waals surface area contributed by atoms with Crippen molar-refractivity contribution >= 4 is 35.8 Å². The molecule has 0 radical (unpaired) electrons. The lowest BCUT2D eigenvalue weighted by molar-refractivity contribution is -0.135. The lowest BCUT2D eigenvalue weighted by Crippen LogP contribution is -2.54. The molecule has 1 aliphatic heterocycles. The van der Waals surface area contributed by atoms with E-state index in [2.05, 4.69) is 24.1 Å². The standard InChI is InChI=1S/C18H34N4O.HI/c1-5-19-17(20-14-18(4)8-6-7-9-18)22-12-10-21(11-13-22)16(23)15(2)3;/h15H,5-14H2,1-4H3,(H,19,20);1H. The van der Waals surface area contributed by atoms with Crippen LogP contribution < -0.4 is 5.32 Å². The third-order valence-corrected chi connectivity index (χ3v) is 5.14. The number of halogens is 1. The van der Waals surface area contributed by atoms with Crippen molar-refractivity contribution in [1.82, 2.24) is 15.1 Å². The Hall–Kier alpha value is -0.530. The van der Waals surface area contributed by atoms with E-state index in [1.54, 1.807) is 0 Å². The van der Waals surface area contributed by atoms with E-state index in [4.69, 9.17) is 4.99 Å². The minimum atomic E-state index is 0. The van der Waals surface area contributed by atoms with E-state index in [9.17, 15) is 4.79 Å². The van der Waals surface area contributed by atoms with Gasteiger partial charge in [0.15, 0.2) is 5.96 Å². The van der Waals surface area contributed by atoms with Gasteiger partial charge in [0.25, 0.3) is 0 Å². The molecule has 1 saturated carbocycles. The van der Waals surface area contributed by atoms with Crippen LogP contribution in [0, 0.1) is 11.3 Å². The van der Waals surface area contributed by atoms with E-state index in [1.165, 1.54) is 25.7 Å². The van der Waals surface area contributed by atoms with Crippen LogP contribution in [0.15, 0.2) is 4.99 Å². The van der Waals surface area contributed by atoms with Crippen molar-refractivity contribution in [3.63, 3.8) is 0 Å². The van der Waals surface area contributed by atoms with Crippen LogP contribution >= 0.6 is 24.0 Å². The van der Waals surface area contributed by atoms with Crippen molar-refractivity contribution in [1.29, 1.82) is 0 Å². The summed E-state index contributed by atoms with van der Waals surface area (Å²) < 4.78 is 0. The number of carbonyl (C=O) groups excluding carboxylic acids is 1. The SMILES string of the molecule is CCNC(=NCC1(C)CCCC1)N1CCN(C(=O)C(C)C)CC1.I. The van der Waals surface area contributed by atoms with Gasteiger partial charge in [-0.15, -0.1) is 24.0 Å². The molecule has 6 heteroatoms. The molecule has 0 aromatic heterocycles. The minimum Gasteiger partial charge on any atom is -0.357 e. The van der Waals surface area contributed by atoms with Crippen LogP contribution in [0.5, 0.6) is 0 Å². The molecule has 1 amide bonds. The van der Waals surface area contributed by atoms with Crippen LogP contribution in [0.2, 0.25) is 0 Å². The van der Waals surface area contributed by atoms with Gasteiger partial charge in [0.05, 0.1) is 0 Å². The van der Waals surface area contributed by atoms with Crippen LogP contribution in [0.3, 0.4) is 0 Å². The number of amides is 1. The van der Waals surface area contributed by atoms with Crippen molar-refractivity contribution in [3.05, 3.63) is 0 Å². The van der Waals surface area contributed by atoms with Gasteiger partial charge >= 0.3 is 0 Å². The highest BCUT2D eigenvalue weighted by atomic mass is 127. The number of hydrogen-bond acceptors (Lipinski definition) is 2. The molecule has 2 aliphatic rings. The monoisotopic (exact) mass is 450 g/mol. The summed E-state index contributed by atoms with van der Waals surface area (Å²) in [4.78, 5) is 21.3. The van der Waals surface area contributed by atoms with Gasteiger partial charge in [0, 0.05) is 45.2 Å². The van der Waals surface area contributed by atoms with Crippen LogP contribution in [0.1, 0.15) is 53.4 Å². The third-order valence-electron chi connectivity index (χ3n) is 5.14. The fourth-order valence-corrected chi connectivity index (χ4v) is 3.58. The van der Waals surface area contributed by atoms with Crippen molar-refractivity contribution in [2.75, 3.05) is 39.3 Å². The molecule has 24 heavy (non-hydrogen) atoms. The van der Waals surface area contributed by atoms with Gasteiger partial charge < -0.3 is 15.1 Å². The zero-order chi connectivity index (χ0) is 16.9. The quantitative estimate of drug-likeness (QED) is 0.407. The normalized spacial score (nSPS) is 21.0. The maximum atomic E-state index is 12.1. The zero-order valence-electron chi connectivity index (χ0n) is 15.8. The van der Waals surface area contributed by atoms with E-state index >= 15 is 0 Å². The van der Waals surface area contributed by atoms with Crippen LogP contribution in [-0.2, 0) is 4.79 Å². The molecule has 2 rings (SSSR count). The molecule has 0 aromatic rings. The Morgan fingerprint density at radius 3 is 2.17 bits per heavy atom. The first-order chi connectivity index (χ1) is 10.9. The number of rotatable bonds is 4. The highest BCUT2D eigenvalue weighted by molar-refractivity contribution is 14.0. The highest BCUT2D eigenvalue weighted by Gasteiger charge is 2.29. The van der Waals surface area contributed by atoms with Gasteiger partial charge in [-0.25, -0.2) is 0 Å². The molecule has 0 unspecified atom stereocenters. The van der Waals surface area contributed by atoms with Crippen molar-refractivity contribution < 1.29 is 4.79 Å². The predicted octanol–water partition coefficient (Wildman–Crippen LogP) is 2.95. The number of nitrogens with zero attached hydrogens (tertiary/aromatic N) is 3. The second-order valence-electron chi connectivity index (χ2n) is 7.65. The number of hydrogen-bond donors (Lipinski definition) is 1. The third kappa shape index (κ3) is 5.77. The zero-order valence-corrected chi connectivity index (χ0v) is 18.1. The maximum absolute atomic E-state index is 12.1. The van der Waals surface area contributed by atoms with Gasteiger partial charge in [-0.3, -0.25) is 9.79 Å². The average molecular weight is 450 g/mol. The van der Waals surface area contributed by atoms with Gasteiger partial charge in [0.1, 0.15) is 0 Å². The second kappa shape index (κ2) is 9.82.